The second-order valence-electron chi connectivity index (χ2n) is 6.68. The Bertz CT molecular complexity index is 927. The van der Waals surface area contributed by atoms with Gasteiger partial charge in [-0.25, -0.2) is 4.99 Å². The standard InChI is InChI=1S/C22H28N6OS.HI/c1-2-23-22(25-12-6-11-24-21(29)20-10-5-15-30-20)26-16-18-8-3-4-9-19(18)17-28-14-7-13-27-28;/h3-5,7-10,13-15H,2,6,11-12,16-17H2,1H3,(H,24,29)(H2,23,25,26);1H. The van der Waals surface area contributed by atoms with Crippen LogP contribution in [0.2, 0.25) is 0 Å². The summed E-state index contributed by atoms with van der Waals surface area (Å²) >= 11 is 1.45. The number of aliphatic imine (C=N–C) groups is 1. The van der Waals surface area contributed by atoms with Crippen molar-refractivity contribution in [1.29, 1.82) is 0 Å². The number of hydrogen-bond acceptors (Lipinski definition) is 4. The number of nitrogens with one attached hydrogen (secondary N) is 3. The highest BCUT2D eigenvalue weighted by molar-refractivity contribution is 14.0. The third-order valence-corrected chi connectivity index (χ3v) is 5.31. The molecule has 3 rings (SSSR count). The molecule has 2 heterocycles. The zero-order chi connectivity index (χ0) is 21.0. The zero-order valence-electron chi connectivity index (χ0n) is 17.6. The first kappa shape index (κ1) is 24.9. The Morgan fingerprint density at radius 3 is 2.58 bits per heavy atom. The van der Waals surface area contributed by atoms with Crippen molar-refractivity contribution in [2.24, 2.45) is 4.99 Å². The quantitative estimate of drug-likeness (QED) is 0.156. The molecule has 31 heavy (non-hydrogen) atoms. The van der Waals surface area contributed by atoms with Crippen molar-refractivity contribution >= 4 is 47.2 Å². The molecule has 0 saturated carbocycles. The zero-order valence-corrected chi connectivity index (χ0v) is 20.7. The molecule has 9 heteroatoms. The highest BCUT2D eigenvalue weighted by Crippen LogP contribution is 2.11. The van der Waals surface area contributed by atoms with Crippen molar-refractivity contribution in [2.45, 2.75) is 26.4 Å². The normalized spacial score (nSPS) is 10.9. The average molecular weight is 552 g/mol. The Morgan fingerprint density at radius 1 is 1.06 bits per heavy atom. The Balaban J connectivity index is 0.00000341. The SMILES string of the molecule is CCNC(=NCc1ccccc1Cn1cccn1)NCCCNC(=O)c1cccs1.I. The minimum absolute atomic E-state index is 0. The van der Waals surface area contributed by atoms with Crippen molar-refractivity contribution in [2.75, 3.05) is 19.6 Å². The van der Waals surface area contributed by atoms with Crippen molar-refractivity contribution in [3.8, 4) is 0 Å². The van der Waals surface area contributed by atoms with Crippen molar-refractivity contribution in [1.82, 2.24) is 25.7 Å². The van der Waals surface area contributed by atoms with Gasteiger partial charge in [-0.15, -0.1) is 35.3 Å². The molecule has 0 unspecified atom stereocenters. The van der Waals surface area contributed by atoms with Gasteiger partial charge in [0.1, 0.15) is 0 Å². The van der Waals surface area contributed by atoms with E-state index in [0.29, 0.717) is 13.1 Å². The van der Waals surface area contributed by atoms with E-state index in [1.807, 2.05) is 53.5 Å². The topological polar surface area (TPSA) is 83.3 Å². The molecule has 0 spiro atoms. The summed E-state index contributed by atoms with van der Waals surface area (Å²) < 4.78 is 1.91. The van der Waals surface area contributed by atoms with E-state index in [1.54, 1.807) is 6.20 Å². The summed E-state index contributed by atoms with van der Waals surface area (Å²) in [5.74, 6) is 0.760. The van der Waals surface area contributed by atoms with Gasteiger partial charge >= 0.3 is 0 Å². The maximum Gasteiger partial charge on any atom is 0.261 e. The molecular formula is C22H29IN6OS. The fourth-order valence-corrected chi connectivity index (χ4v) is 3.57. The summed E-state index contributed by atoms with van der Waals surface area (Å²) in [4.78, 5) is 17.4. The lowest BCUT2D eigenvalue weighted by molar-refractivity contribution is 0.0957. The number of hydrogen-bond donors (Lipinski definition) is 3. The van der Waals surface area contributed by atoms with Gasteiger partial charge in [0, 0.05) is 32.0 Å². The summed E-state index contributed by atoms with van der Waals surface area (Å²) in [7, 11) is 0. The fourth-order valence-electron chi connectivity index (χ4n) is 2.93. The Labute approximate surface area is 204 Å². The van der Waals surface area contributed by atoms with E-state index in [0.717, 1.165) is 36.9 Å². The van der Waals surface area contributed by atoms with Crippen LogP contribution in [0.1, 0.15) is 34.1 Å². The van der Waals surface area contributed by atoms with E-state index in [2.05, 4.69) is 33.2 Å². The molecule has 0 fully saturated rings. The van der Waals surface area contributed by atoms with Crippen molar-refractivity contribution in [3.05, 3.63) is 76.2 Å². The van der Waals surface area contributed by atoms with Crippen LogP contribution in [-0.2, 0) is 13.1 Å². The van der Waals surface area contributed by atoms with Crippen LogP contribution in [0.5, 0.6) is 0 Å². The van der Waals surface area contributed by atoms with Gasteiger partial charge in [0.2, 0.25) is 0 Å². The first-order valence-electron chi connectivity index (χ1n) is 10.1. The number of amides is 1. The smallest absolute Gasteiger partial charge is 0.261 e. The van der Waals surface area contributed by atoms with Crippen molar-refractivity contribution in [3.63, 3.8) is 0 Å². The van der Waals surface area contributed by atoms with Gasteiger partial charge in [-0.3, -0.25) is 9.48 Å². The van der Waals surface area contributed by atoms with Crippen LogP contribution < -0.4 is 16.0 Å². The number of benzene rings is 1. The van der Waals surface area contributed by atoms with Gasteiger partial charge < -0.3 is 16.0 Å². The number of thiophene rings is 1. The molecule has 7 nitrogen and oxygen atoms in total. The average Bonchev–Trinajstić information content (AvgIpc) is 3.47. The summed E-state index contributed by atoms with van der Waals surface area (Å²) in [5, 5.41) is 15.7. The molecule has 0 aliphatic carbocycles. The molecule has 0 aliphatic rings. The molecule has 1 aromatic carbocycles. The van der Waals surface area contributed by atoms with E-state index in [-0.39, 0.29) is 29.9 Å². The summed E-state index contributed by atoms with van der Waals surface area (Å²) in [5.41, 5.74) is 2.38. The molecule has 1 amide bonds. The lowest BCUT2D eigenvalue weighted by Crippen LogP contribution is -2.38. The van der Waals surface area contributed by atoms with Crippen LogP contribution in [0, 0.1) is 0 Å². The van der Waals surface area contributed by atoms with E-state index in [4.69, 9.17) is 4.99 Å². The van der Waals surface area contributed by atoms with Gasteiger partial charge in [0.25, 0.3) is 5.91 Å². The first-order valence-corrected chi connectivity index (χ1v) is 11.0. The minimum Gasteiger partial charge on any atom is -0.357 e. The molecule has 166 valence electrons. The Kier molecular flexibility index (Phi) is 11.1. The Morgan fingerprint density at radius 2 is 1.87 bits per heavy atom. The molecule has 0 saturated heterocycles. The van der Waals surface area contributed by atoms with Crippen LogP contribution in [0.4, 0.5) is 0 Å². The summed E-state index contributed by atoms with van der Waals surface area (Å²) in [6.07, 6.45) is 4.57. The van der Waals surface area contributed by atoms with Crippen LogP contribution in [0.25, 0.3) is 0 Å². The second-order valence-corrected chi connectivity index (χ2v) is 7.63. The highest BCUT2D eigenvalue weighted by Gasteiger charge is 2.06. The molecule has 2 aromatic heterocycles. The van der Waals surface area contributed by atoms with E-state index in [1.165, 1.54) is 22.5 Å². The third kappa shape index (κ3) is 8.33. The third-order valence-electron chi connectivity index (χ3n) is 4.44. The number of guanidine groups is 1. The number of halogens is 1. The van der Waals surface area contributed by atoms with Crippen LogP contribution in [0.3, 0.4) is 0 Å². The van der Waals surface area contributed by atoms with Gasteiger partial charge in [-0.1, -0.05) is 30.3 Å². The van der Waals surface area contributed by atoms with Crippen LogP contribution in [0.15, 0.2) is 65.2 Å². The van der Waals surface area contributed by atoms with E-state index >= 15 is 0 Å². The number of aromatic nitrogens is 2. The molecule has 0 aliphatic heterocycles. The van der Waals surface area contributed by atoms with E-state index in [9.17, 15) is 4.79 Å². The predicted molar refractivity (Wildman–Crippen MR) is 137 cm³/mol. The maximum absolute atomic E-state index is 11.9. The second kappa shape index (κ2) is 13.8. The van der Waals surface area contributed by atoms with E-state index < -0.39 is 0 Å². The molecule has 0 radical (unpaired) electrons. The number of carbonyl (C=O) groups is 1. The minimum atomic E-state index is -0.0145. The highest BCUT2D eigenvalue weighted by atomic mass is 127. The summed E-state index contributed by atoms with van der Waals surface area (Å²) in [6.45, 7) is 5.50. The number of carbonyl (C=O) groups excluding carboxylic acids is 1. The molecule has 3 N–H and O–H groups in total. The Hall–Kier alpha value is -2.40. The van der Waals surface area contributed by atoms with Crippen LogP contribution in [-0.4, -0.2) is 41.3 Å². The first-order chi connectivity index (χ1) is 14.8. The predicted octanol–water partition coefficient (Wildman–Crippen LogP) is 3.49. The van der Waals surface area contributed by atoms with Gasteiger partial charge in [0.15, 0.2) is 5.96 Å². The maximum atomic E-state index is 11.9. The lowest BCUT2D eigenvalue weighted by Gasteiger charge is -2.13. The molecule has 0 atom stereocenters. The van der Waals surface area contributed by atoms with Gasteiger partial charge in [-0.05, 0) is 42.0 Å². The monoisotopic (exact) mass is 552 g/mol. The van der Waals surface area contributed by atoms with Gasteiger partial charge in [0.05, 0.1) is 18.0 Å². The fraction of sp³-hybridized carbons (Fsp3) is 0.318. The largest absolute Gasteiger partial charge is 0.357 e. The number of nitrogens with zero attached hydrogens (tertiary/aromatic N) is 3. The summed E-state index contributed by atoms with van der Waals surface area (Å²) in [6, 6.07) is 13.9. The van der Waals surface area contributed by atoms with Crippen molar-refractivity contribution < 1.29 is 4.79 Å². The lowest BCUT2D eigenvalue weighted by atomic mass is 10.1. The molecular weight excluding hydrogens is 523 g/mol. The molecule has 0 bridgehead atoms. The van der Waals surface area contributed by atoms with Gasteiger partial charge in [-0.2, -0.15) is 5.10 Å². The van der Waals surface area contributed by atoms with Crippen LogP contribution >= 0.6 is 35.3 Å². The number of rotatable bonds is 10. The molecule has 3 aromatic rings.